The summed E-state index contributed by atoms with van der Waals surface area (Å²) in [6.45, 7) is 3.94. The van der Waals surface area contributed by atoms with Gasteiger partial charge in [0.25, 0.3) is 0 Å². The van der Waals surface area contributed by atoms with E-state index in [1.54, 1.807) is 6.20 Å². The zero-order chi connectivity index (χ0) is 14.1. The highest BCUT2D eigenvalue weighted by atomic mass is 35.5. The molecule has 3 rings (SSSR count). The predicted octanol–water partition coefficient (Wildman–Crippen LogP) is 2.48. The Labute approximate surface area is 124 Å². The minimum absolute atomic E-state index is 0.159. The Kier molecular flexibility index (Phi) is 3.83. The number of anilines is 1. The Balaban J connectivity index is 1.51. The van der Waals surface area contributed by atoms with Gasteiger partial charge in [0.05, 0.1) is 5.02 Å². The Bertz CT molecular complexity index is 482. The van der Waals surface area contributed by atoms with Crippen LogP contribution < -0.4 is 10.2 Å². The number of carbonyl (C=O) groups is 1. The molecule has 1 N–H and O–H groups in total. The van der Waals surface area contributed by atoms with Crippen LogP contribution in [0.3, 0.4) is 0 Å². The van der Waals surface area contributed by atoms with Crippen molar-refractivity contribution in [1.29, 1.82) is 0 Å². The highest BCUT2D eigenvalue weighted by Crippen LogP contribution is 2.30. The Hall–Kier alpha value is -1.29. The number of nitrogens with zero attached hydrogens (tertiary/aromatic N) is 2. The molecule has 1 aliphatic carbocycles. The average molecular weight is 294 g/mol. The predicted molar refractivity (Wildman–Crippen MR) is 79.9 cm³/mol. The van der Waals surface area contributed by atoms with E-state index < -0.39 is 0 Å². The molecule has 1 aromatic rings. The van der Waals surface area contributed by atoms with Gasteiger partial charge in [0.1, 0.15) is 5.82 Å². The third-order valence-corrected chi connectivity index (χ3v) is 4.56. The number of nitrogens with one attached hydrogen (secondary N) is 1. The molecule has 4 nitrogen and oxygen atoms in total. The molecule has 0 aromatic carbocycles. The standard InChI is InChI=1S/C15H20ClN3O/c1-10-8-13(10)18-15(20)11-4-6-19(7-5-11)14-3-2-12(16)9-17-14/h2-3,9-11,13H,4-8H2,1H3,(H,18,20)/t10-,13+/m1/s1. The molecule has 0 bridgehead atoms. The van der Waals surface area contributed by atoms with Crippen molar-refractivity contribution in [1.82, 2.24) is 10.3 Å². The minimum Gasteiger partial charge on any atom is -0.357 e. The third-order valence-electron chi connectivity index (χ3n) is 4.34. The first-order valence-electron chi connectivity index (χ1n) is 7.30. The first-order chi connectivity index (χ1) is 9.63. The van der Waals surface area contributed by atoms with Crippen molar-refractivity contribution in [3.05, 3.63) is 23.4 Å². The highest BCUT2D eigenvalue weighted by molar-refractivity contribution is 6.30. The highest BCUT2D eigenvalue weighted by Gasteiger charge is 2.36. The Morgan fingerprint density at radius 3 is 2.65 bits per heavy atom. The normalized spacial score (nSPS) is 26.4. The van der Waals surface area contributed by atoms with Crippen LogP contribution in [0.4, 0.5) is 5.82 Å². The van der Waals surface area contributed by atoms with E-state index >= 15 is 0 Å². The van der Waals surface area contributed by atoms with Gasteiger partial charge < -0.3 is 10.2 Å². The lowest BCUT2D eigenvalue weighted by atomic mass is 9.96. The topological polar surface area (TPSA) is 45.2 Å². The van der Waals surface area contributed by atoms with E-state index in [9.17, 15) is 4.79 Å². The second-order valence-electron chi connectivity index (χ2n) is 5.92. The molecule has 1 aliphatic heterocycles. The maximum atomic E-state index is 12.1. The number of rotatable bonds is 3. The molecular formula is C15H20ClN3O. The fourth-order valence-corrected chi connectivity index (χ4v) is 2.86. The Morgan fingerprint density at radius 1 is 1.40 bits per heavy atom. The second kappa shape index (κ2) is 5.60. The molecule has 1 aromatic heterocycles. The number of carbonyl (C=O) groups excluding carboxylic acids is 1. The van der Waals surface area contributed by atoms with Crippen molar-refractivity contribution >= 4 is 23.3 Å². The number of halogens is 1. The number of pyridine rings is 1. The summed E-state index contributed by atoms with van der Waals surface area (Å²) in [4.78, 5) is 18.7. The summed E-state index contributed by atoms with van der Waals surface area (Å²) in [6, 6.07) is 4.23. The molecule has 5 heteroatoms. The van der Waals surface area contributed by atoms with Crippen molar-refractivity contribution in [3.8, 4) is 0 Å². The van der Waals surface area contributed by atoms with E-state index in [0.29, 0.717) is 17.0 Å². The molecular weight excluding hydrogens is 274 g/mol. The SMILES string of the molecule is C[C@@H]1C[C@@H]1NC(=O)C1CCN(c2ccc(Cl)cn2)CC1. The Morgan fingerprint density at radius 2 is 2.10 bits per heavy atom. The molecule has 2 atom stereocenters. The summed E-state index contributed by atoms with van der Waals surface area (Å²) in [7, 11) is 0. The van der Waals surface area contributed by atoms with Crippen LogP contribution in [0.1, 0.15) is 26.2 Å². The number of piperidine rings is 1. The monoisotopic (exact) mass is 293 g/mol. The third kappa shape index (κ3) is 3.06. The molecule has 0 unspecified atom stereocenters. The van der Waals surface area contributed by atoms with Crippen LogP contribution in [-0.2, 0) is 4.79 Å². The van der Waals surface area contributed by atoms with Gasteiger partial charge in [0.15, 0.2) is 0 Å². The molecule has 108 valence electrons. The number of aromatic nitrogens is 1. The van der Waals surface area contributed by atoms with Gasteiger partial charge in [0, 0.05) is 31.2 Å². The number of hydrogen-bond acceptors (Lipinski definition) is 3. The van der Waals surface area contributed by atoms with Gasteiger partial charge in [-0.2, -0.15) is 0 Å². The van der Waals surface area contributed by atoms with Crippen LogP contribution in [0, 0.1) is 11.8 Å². The molecule has 1 saturated heterocycles. The van der Waals surface area contributed by atoms with E-state index in [4.69, 9.17) is 11.6 Å². The zero-order valence-corrected chi connectivity index (χ0v) is 12.4. The van der Waals surface area contributed by atoms with Crippen molar-refractivity contribution in [2.75, 3.05) is 18.0 Å². The summed E-state index contributed by atoms with van der Waals surface area (Å²) in [5, 5.41) is 3.80. The van der Waals surface area contributed by atoms with Gasteiger partial charge >= 0.3 is 0 Å². The summed E-state index contributed by atoms with van der Waals surface area (Å²) in [5.74, 6) is 2.01. The van der Waals surface area contributed by atoms with E-state index in [1.807, 2.05) is 12.1 Å². The van der Waals surface area contributed by atoms with E-state index in [-0.39, 0.29) is 11.8 Å². The average Bonchev–Trinajstić information content (AvgIpc) is 3.15. The first kappa shape index (κ1) is 13.7. The van der Waals surface area contributed by atoms with Crippen molar-refractivity contribution < 1.29 is 4.79 Å². The summed E-state index contributed by atoms with van der Waals surface area (Å²) in [5.41, 5.74) is 0. The van der Waals surface area contributed by atoms with Gasteiger partial charge in [-0.05, 0) is 37.3 Å². The lowest BCUT2D eigenvalue weighted by Crippen LogP contribution is -2.41. The van der Waals surface area contributed by atoms with Crippen LogP contribution >= 0.6 is 11.6 Å². The number of amides is 1. The fourth-order valence-electron chi connectivity index (χ4n) is 2.75. The van der Waals surface area contributed by atoms with Crippen molar-refractivity contribution in [3.63, 3.8) is 0 Å². The molecule has 1 amide bonds. The van der Waals surface area contributed by atoms with Crippen molar-refractivity contribution in [2.45, 2.75) is 32.2 Å². The van der Waals surface area contributed by atoms with E-state index in [0.717, 1.165) is 38.2 Å². The van der Waals surface area contributed by atoms with Crippen LogP contribution in [0.2, 0.25) is 5.02 Å². The summed E-state index contributed by atoms with van der Waals surface area (Å²) < 4.78 is 0. The maximum Gasteiger partial charge on any atom is 0.223 e. The number of hydrogen-bond donors (Lipinski definition) is 1. The molecule has 0 radical (unpaired) electrons. The summed E-state index contributed by atoms with van der Waals surface area (Å²) in [6.07, 6.45) is 4.61. The molecule has 1 saturated carbocycles. The van der Waals surface area contributed by atoms with Crippen molar-refractivity contribution in [2.24, 2.45) is 11.8 Å². The largest absolute Gasteiger partial charge is 0.357 e. The first-order valence-corrected chi connectivity index (χ1v) is 7.68. The van der Waals surface area contributed by atoms with Crippen LogP contribution in [-0.4, -0.2) is 30.0 Å². The molecule has 2 aliphatic rings. The zero-order valence-electron chi connectivity index (χ0n) is 11.7. The smallest absolute Gasteiger partial charge is 0.223 e. The van der Waals surface area contributed by atoms with E-state index in [2.05, 4.69) is 22.1 Å². The molecule has 20 heavy (non-hydrogen) atoms. The quantitative estimate of drug-likeness (QED) is 0.931. The second-order valence-corrected chi connectivity index (χ2v) is 6.36. The maximum absolute atomic E-state index is 12.1. The lowest BCUT2D eigenvalue weighted by molar-refractivity contribution is -0.125. The minimum atomic E-state index is 0.159. The molecule has 0 spiro atoms. The van der Waals surface area contributed by atoms with Crippen LogP contribution in [0.15, 0.2) is 18.3 Å². The summed E-state index contributed by atoms with van der Waals surface area (Å²) >= 11 is 5.85. The lowest BCUT2D eigenvalue weighted by Gasteiger charge is -2.32. The van der Waals surface area contributed by atoms with E-state index in [1.165, 1.54) is 0 Å². The molecule has 2 fully saturated rings. The van der Waals surface area contributed by atoms with Gasteiger partial charge in [-0.15, -0.1) is 0 Å². The fraction of sp³-hybridized carbons (Fsp3) is 0.600. The van der Waals surface area contributed by atoms with Crippen LogP contribution in [0.5, 0.6) is 0 Å². The van der Waals surface area contributed by atoms with Gasteiger partial charge in [-0.1, -0.05) is 18.5 Å². The molecule has 2 heterocycles. The van der Waals surface area contributed by atoms with Gasteiger partial charge in [0.2, 0.25) is 5.91 Å². The van der Waals surface area contributed by atoms with Gasteiger partial charge in [-0.3, -0.25) is 4.79 Å². The van der Waals surface area contributed by atoms with Gasteiger partial charge in [-0.25, -0.2) is 4.98 Å². The van der Waals surface area contributed by atoms with Crippen LogP contribution in [0.25, 0.3) is 0 Å².